The largest absolute Gasteiger partial charge is 0.480 e. The number of nitrogens with zero attached hydrogens (tertiary/aromatic N) is 1. The van der Waals surface area contributed by atoms with Crippen LogP contribution in [0, 0.1) is 0 Å². The number of hydrogen-bond acceptors (Lipinski definition) is 3. The molecule has 0 saturated carbocycles. The van der Waals surface area contributed by atoms with Gasteiger partial charge >= 0.3 is 5.97 Å². The Morgan fingerprint density at radius 1 is 1.03 bits per heavy atom. The third-order valence-corrected chi connectivity index (χ3v) is 7.08. The Morgan fingerprint density at radius 2 is 1.76 bits per heavy atom. The van der Waals surface area contributed by atoms with E-state index in [4.69, 9.17) is 0 Å². The minimum atomic E-state index is -0.706. The highest BCUT2D eigenvalue weighted by Crippen LogP contribution is 2.38. The number of likely N-dealkylation sites (tertiary alicyclic amines) is 1. The summed E-state index contributed by atoms with van der Waals surface area (Å²) in [4.78, 5) is 16.8. The minimum absolute atomic E-state index is 0.00785. The quantitative estimate of drug-likeness (QED) is 0.546. The normalized spacial score (nSPS) is 18.4. The number of carbonyl (C=O) groups is 1. The molecular formula is C25H27NO2S. The van der Waals surface area contributed by atoms with Crippen LogP contribution in [0.15, 0.2) is 66.7 Å². The van der Waals surface area contributed by atoms with Crippen molar-refractivity contribution in [3.05, 3.63) is 82.0 Å². The number of carboxylic acid groups (broad SMARTS) is 1. The molecule has 0 spiro atoms. The van der Waals surface area contributed by atoms with E-state index < -0.39 is 12.0 Å². The molecule has 4 rings (SSSR count). The highest BCUT2D eigenvalue weighted by atomic mass is 32.1. The molecule has 2 unspecified atom stereocenters. The van der Waals surface area contributed by atoms with Gasteiger partial charge in [0.1, 0.15) is 6.04 Å². The molecule has 0 aliphatic carbocycles. The number of aliphatic carboxylic acids is 1. The van der Waals surface area contributed by atoms with E-state index in [2.05, 4.69) is 72.5 Å². The van der Waals surface area contributed by atoms with Crippen LogP contribution in [0.1, 0.15) is 47.5 Å². The molecule has 1 aliphatic rings. The molecule has 150 valence electrons. The number of aryl methyl sites for hydroxylation is 1. The zero-order valence-electron chi connectivity index (χ0n) is 16.8. The van der Waals surface area contributed by atoms with Gasteiger partial charge in [0, 0.05) is 9.75 Å². The van der Waals surface area contributed by atoms with Crippen molar-refractivity contribution in [2.75, 3.05) is 6.54 Å². The van der Waals surface area contributed by atoms with Crippen molar-refractivity contribution in [3.8, 4) is 11.1 Å². The van der Waals surface area contributed by atoms with Crippen molar-refractivity contribution in [1.82, 2.24) is 4.90 Å². The fourth-order valence-corrected chi connectivity index (χ4v) is 5.37. The molecule has 0 bridgehead atoms. The topological polar surface area (TPSA) is 40.5 Å². The highest BCUT2D eigenvalue weighted by molar-refractivity contribution is 7.12. The average molecular weight is 406 g/mol. The third kappa shape index (κ3) is 4.29. The predicted octanol–water partition coefficient (Wildman–Crippen LogP) is 6.01. The van der Waals surface area contributed by atoms with E-state index >= 15 is 0 Å². The van der Waals surface area contributed by atoms with Gasteiger partial charge in [-0.05, 0) is 54.6 Å². The number of benzene rings is 2. The third-order valence-electron chi connectivity index (χ3n) is 5.79. The molecule has 1 aliphatic heterocycles. The number of carboxylic acids is 1. The zero-order chi connectivity index (χ0) is 20.2. The van der Waals surface area contributed by atoms with Gasteiger partial charge in [0.25, 0.3) is 0 Å². The van der Waals surface area contributed by atoms with Crippen LogP contribution < -0.4 is 0 Å². The number of hydrogen-bond donors (Lipinski definition) is 1. The van der Waals surface area contributed by atoms with Crippen molar-refractivity contribution >= 4 is 17.3 Å². The van der Waals surface area contributed by atoms with E-state index in [1.54, 1.807) is 0 Å². The van der Waals surface area contributed by atoms with E-state index in [0.29, 0.717) is 0 Å². The fourth-order valence-electron chi connectivity index (χ4n) is 4.27. The van der Waals surface area contributed by atoms with Crippen LogP contribution in [0.25, 0.3) is 11.1 Å². The summed E-state index contributed by atoms with van der Waals surface area (Å²) in [6.45, 7) is 2.99. The van der Waals surface area contributed by atoms with Gasteiger partial charge in [0.05, 0.1) is 6.04 Å². The lowest BCUT2D eigenvalue weighted by Crippen LogP contribution is -2.46. The first-order valence-electron chi connectivity index (χ1n) is 10.4. The van der Waals surface area contributed by atoms with Crippen LogP contribution in [-0.2, 0) is 11.2 Å². The van der Waals surface area contributed by atoms with Gasteiger partial charge in [-0.15, -0.1) is 11.3 Å². The average Bonchev–Trinajstić information content (AvgIpc) is 3.24. The smallest absolute Gasteiger partial charge is 0.320 e. The minimum Gasteiger partial charge on any atom is -0.480 e. The Bertz CT molecular complexity index is 948. The predicted molar refractivity (Wildman–Crippen MR) is 119 cm³/mol. The van der Waals surface area contributed by atoms with Crippen molar-refractivity contribution < 1.29 is 9.90 Å². The second kappa shape index (κ2) is 8.93. The molecule has 1 saturated heterocycles. The number of piperidine rings is 1. The second-order valence-corrected chi connectivity index (χ2v) is 8.84. The summed E-state index contributed by atoms with van der Waals surface area (Å²) in [6.07, 6.45) is 3.76. The van der Waals surface area contributed by atoms with Gasteiger partial charge in [-0.3, -0.25) is 9.69 Å². The van der Waals surface area contributed by atoms with Crippen LogP contribution in [0.2, 0.25) is 0 Å². The first-order valence-corrected chi connectivity index (χ1v) is 11.2. The summed E-state index contributed by atoms with van der Waals surface area (Å²) < 4.78 is 0. The molecule has 4 heteroatoms. The Labute approximate surface area is 176 Å². The molecule has 0 amide bonds. The summed E-state index contributed by atoms with van der Waals surface area (Å²) in [5.41, 5.74) is 3.55. The lowest BCUT2D eigenvalue weighted by Gasteiger charge is -2.39. The molecule has 2 atom stereocenters. The van der Waals surface area contributed by atoms with Crippen LogP contribution in [0.3, 0.4) is 0 Å². The van der Waals surface area contributed by atoms with Gasteiger partial charge in [-0.25, -0.2) is 0 Å². The van der Waals surface area contributed by atoms with E-state index in [0.717, 1.165) is 32.2 Å². The summed E-state index contributed by atoms with van der Waals surface area (Å²) in [5.74, 6) is -0.706. The van der Waals surface area contributed by atoms with E-state index in [1.165, 1.54) is 26.4 Å². The van der Waals surface area contributed by atoms with Gasteiger partial charge in [-0.1, -0.05) is 67.9 Å². The van der Waals surface area contributed by atoms with Crippen LogP contribution >= 0.6 is 11.3 Å². The van der Waals surface area contributed by atoms with E-state index in [9.17, 15) is 9.90 Å². The number of thiophene rings is 1. The van der Waals surface area contributed by atoms with Gasteiger partial charge in [0.15, 0.2) is 0 Å². The monoisotopic (exact) mass is 405 g/mol. The molecule has 3 aromatic rings. The zero-order valence-corrected chi connectivity index (χ0v) is 17.6. The van der Waals surface area contributed by atoms with Crippen molar-refractivity contribution in [1.29, 1.82) is 0 Å². The van der Waals surface area contributed by atoms with E-state index in [-0.39, 0.29) is 6.04 Å². The van der Waals surface area contributed by atoms with E-state index in [1.807, 2.05) is 17.4 Å². The Balaban J connectivity index is 1.72. The maximum atomic E-state index is 12.0. The van der Waals surface area contributed by atoms with Crippen LogP contribution in [0.4, 0.5) is 0 Å². The van der Waals surface area contributed by atoms with Crippen molar-refractivity contribution in [2.24, 2.45) is 0 Å². The van der Waals surface area contributed by atoms with Crippen LogP contribution in [0.5, 0.6) is 0 Å². The maximum Gasteiger partial charge on any atom is 0.320 e. The standard InChI is InChI=1S/C25H27NO2S/c1-2-21-15-16-23(29-21)24(26-17-7-6-10-22(26)25(27)28)20-13-11-19(12-14-20)18-8-4-3-5-9-18/h3-5,8-9,11-16,22,24H,2,6-7,10,17H2,1H3,(H,27,28). The molecule has 29 heavy (non-hydrogen) atoms. The summed E-state index contributed by atoms with van der Waals surface area (Å²) in [5, 5.41) is 9.86. The lowest BCUT2D eigenvalue weighted by atomic mass is 9.94. The molecule has 2 aromatic carbocycles. The SMILES string of the molecule is CCc1ccc(C(c2ccc(-c3ccccc3)cc2)N2CCCCC2C(=O)O)s1. The summed E-state index contributed by atoms with van der Waals surface area (Å²) >= 11 is 1.81. The molecule has 1 fully saturated rings. The Hall–Kier alpha value is -2.43. The first-order chi connectivity index (χ1) is 14.2. The molecular weight excluding hydrogens is 378 g/mol. The molecule has 2 heterocycles. The Morgan fingerprint density at radius 3 is 2.41 bits per heavy atom. The Kier molecular flexibility index (Phi) is 6.12. The van der Waals surface area contributed by atoms with Crippen molar-refractivity contribution in [2.45, 2.75) is 44.7 Å². The molecule has 3 nitrogen and oxygen atoms in total. The summed E-state index contributed by atoms with van der Waals surface area (Å²) in [6, 6.07) is 23.0. The highest BCUT2D eigenvalue weighted by Gasteiger charge is 2.35. The van der Waals surface area contributed by atoms with Gasteiger partial charge in [0.2, 0.25) is 0 Å². The molecule has 1 aromatic heterocycles. The first kappa shape index (κ1) is 19.9. The van der Waals surface area contributed by atoms with Crippen LogP contribution in [-0.4, -0.2) is 28.6 Å². The van der Waals surface area contributed by atoms with Gasteiger partial charge < -0.3 is 5.11 Å². The molecule has 1 N–H and O–H groups in total. The lowest BCUT2D eigenvalue weighted by molar-refractivity contribution is -0.145. The van der Waals surface area contributed by atoms with Crippen molar-refractivity contribution in [3.63, 3.8) is 0 Å². The number of rotatable bonds is 6. The fraction of sp³-hybridized carbons (Fsp3) is 0.320. The second-order valence-electron chi connectivity index (χ2n) is 7.64. The van der Waals surface area contributed by atoms with Gasteiger partial charge in [-0.2, -0.15) is 0 Å². The maximum absolute atomic E-state index is 12.0. The molecule has 0 radical (unpaired) electrons. The summed E-state index contributed by atoms with van der Waals surface area (Å²) in [7, 11) is 0.